The first-order valence-electron chi connectivity index (χ1n) is 7.19. The van der Waals surface area contributed by atoms with Crippen molar-refractivity contribution in [1.82, 2.24) is 10.2 Å². The molecule has 0 saturated carbocycles. The van der Waals surface area contributed by atoms with Crippen molar-refractivity contribution in [2.45, 2.75) is 18.9 Å². The van der Waals surface area contributed by atoms with E-state index in [9.17, 15) is 5.11 Å². The smallest absolute Gasteiger partial charge is 0.160 e. The van der Waals surface area contributed by atoms with Gasteiger partial charge in [-0.1, -0.05) is 6.07 Å². The van der Waals surface area contributed by atoms with Crippen molar-refractivity contribution in [1.29, 1.82) is 0 Å². The van der Waals surface area contributed by atoms with Crippen LogP contribution in [0.5, 0.6) is 11.5 Å². The summed E-state index contributed by atoms with van der Waals surface area (Å²) in [6.45, 7) is 3.90. The molecule has 1 saturated heterocycles. The minimum atomic E-state index is 0.122. The Morgan fingerprint density at radius 1 is 1.35 bits per heavy atom. The van der Waals surface area contributed by atoms with Crippen molar-refractivity contribution < 1.29 is 9.84 Å². The van der Waals surface area contributed by atoms with Gasteiger partial charge in [0.1, 0.15) is 5.84 Å². The Hall–Kier alpha value is -1.75. The Morgan fingerprint density at radius 3 is 2.75 bits per heavy atom. The van der Waals surface area contributed by atoms with Crippen molar-refractivity contribution in [3.8, 4) is 11.5 Å². The molecule has 2 heterocycles. The zero-order valence-corrected chi connectivity index (χ0v) is 11.8. The van der Waals surface area contributed by atoms with Crippen LogP contribution >= 0.6 is 0 Å². The van der Waals surface area contributed by atoms with Gasteiger partial charge in [0.25, 0.3) is 0 Å². The predicted molar refractivity (Wildman–Crippen MR) is 78.5 cm³/mol. The number of phenolic OH excluding ortho intramolecular Hbond substituents is 1. The van der Waals surface area contributed by atoms with E-state index in [1.807, 2.05) is 12.1 Å². The summed E-state index contributed by atoms with van der Waals surface area (Å²) in [6.07, 6.45) is 2.46. The fourth-order valence-corrected chi connectivity index (χ4v) is 3.02. The number of rotatable bonds is 4. The maximum absolute atomic E-state index is 10.0. The summed E-state index contributed by atoms with van der Waals surface area (Å²) >= 11 is 0. The Morgan fingerprint density at radius 2 is 2.15 bits per heavy atom. The molecular weight excluding hydrogens is 254 g/mol. The molecule has 1 atom stereocenters. The summed E-state index contributed by atoms with van der Waals surface area (Å²) in [6, 6.07) is 5.76. The number of benzene rings is 1. The molecule has 5 nitrogen and oxygen atoms in total. The summed E-state index contributed by atoms with van der Waals surface area (Å²) in [5, 5.41) is 13.4. The van der Waals surface area contributed by atoms with Crippen LogP contribution in [0.4, 0.5) is 0 Å². The van der Waals surface area contributed by atoms with Gasteiger partial charge in [-0.05, 0) is 43.6 Å². The Labute approximate surface area is 119 Å². The van der Waals surface area contributed by atoms with Gasteiger partial charge in [-0.15, -0.1) is 0 Å². The van der Waals surface area contributed by atoms with E-state index in [1.54, 1.807) is 13.2 Å². The van der Waals surface area contributed by atoms with Crippen LogP contribution in [-0.4, -0.2) is 49.1 Å². The Balaban J connectivity index is 1.93. The highest BCUT2D eigenvalue weighted by molar-refractivity contribution is 5.90. The Bertz CT molecular complexity index is 510. The van der Waals surface area contributed by atoms with E-state index >= 15 is 0 Å². The van der Waals surface area contributed by atoms with Crippen molar-refractivity contribution in [2.75, 3.05) is 33.3 Å². The molecule has 0 bridgehead atoms. The lowest BCUT2D eigenvalue weighted by Crippen LogP contribution is -2.37. The highest BCUT2D eigenvalue weighted by Gasteiger charge is 2.29. The molecule has 0 amide bonds. The molecule has 108 valence electrons. The van der Waals surface area contributed by atoms with Crippen LogP contribution in [0.25, 0.3) is 0 Å². The maximum Gasteiger partial charge on any atom is 0.160 e. The van der Waals surface area contributed by atoms with Crippen LogP contribution in [0.15, 0.2) is 23.2 Å². The van der Waals surface area contributed by atoms with E-state index in [0.29, 0.717) is 5.75 Å². The monoisotopic (exact) mass is 275 g/mol. The van der Waals surface area contributed by atoms with Gasteiger partial charge in [-0.25, -0.2) is 0 Å². The third-order valence-electron chi connectivity index (χ3n) is 3.98. The first-order chi connectivity index (χ1) is 9.79. The summed E-state index contributed by atoms with van der Waals surface area (Å²) in [4.78, 5) is 7.01. The van der Waals surface area contributed by atoms with Gasteiger partial charge in [0.15, 0.2) is 11.5 Å². The van der Waals surface area contributed by atoms with Crippen molar-refractivity contribution in [3.63, 3.8) is 0 Å². The fourth-order valence-electron chi connectivity index (χ4n) is 3.02. The number of ether oxygens (including phenoxy) is 1. The van der Waals surface area contributed by atoms with E-state index < -0.39 is 0 Å². The molecule has 0 aromatic heterocycles. The molecule has 1 unspecified atom stereocenters. The largest absolute Gasteiger partial charge is 0.504 e. The molecular formula is C15H21N3O2. The molecule has 1 aromatic rings. The van der Waals surface area contributed by atoms with Crippen molar-refractivity contribution >= 4 is 5.84 Å². The molecule has 5 heteroatoms. The highest BCUT2D eigenvalue weighted by Crippen LogP contribution is 2.33. The number of methoxy groups -OCH3 is 1. The molecule has 1 fully saturated rings. The maximum atomic E-state index is 10.0. The third kappa shape index (κ3) is 2.45. The molecule has 0 spiro atoms. The summed E-state index contributed by atoms with van der Waals surface area (Å²) in [5.74, 6) is 1.72. The number of phenols is 1. The highest BCUT2D eigenvalue weighted by atomic mass is 16.5. The standard InChI is InChI=1S/C15H21N3O2/c1-20-13-5-4-11(10-12(13)19)14(15-16-6-7-17-15)18-8-2-3-9-18/h4-5,10,14,19H,2-3,6-9H2,1H3,(H,16,17). The lowest BCUT2D eigenvalue weighted by molar-refractivity contribution is 0.299. The molecule has 0 radical (unpaired) electrons. The van der Waals surface area contributed by atoms with E-state index in [4.69, 9.17) is 4.74 Å². The number of hydrogen-bond donors (Lipinski definition) is 2. The molecule has 2 aliphatic rings. The lowest BCUT2D eigenvalue weighted by atomic mass is 10.0. The van der Waals surface area contributed by atoms with Gasteiger partial charge in [0.05, 0.1) is 19.7 Å². The van der Waals surface area contributed by atoms with Crippen LogP contribution in [-0.2, 0) is 0 Å². The molecule has 1 aromatic carbocycles. The topological polar surface area (TPSA) is 57.1 Å². The molecule has 2 aliphatic heterocycles. The van der Waals surface area contributed by atoms with Gasteiger partial charge in [0, 0.05) is 6.54 Å². The second kappa shape index (κ2) is 5.71. The lowest BCUT2D eigenvalue weighted by Gasteiger charge is -2.28. The quantitative estimate of drug-likeness (QED) is 0.875. The first-order valence-corrected chi connectivity index (χ1v) is 7.19. The average molecular weight is 275 g/mol. The zero-order chi connectivity index (χ0) is 13.9. The second-order valence-corrected chi connectivity index (χ2v) is 5.27. The molecule has 2 N–H and O–H groups in total. The van der Waals surface area contributed by atoms with Crippen LogP contribution in [0.1, 0.15) is 24.4 Å². The zero-order valence-electron chi connectivity index (χ0n) is 11.8. The van der Waals surface area contributed by atoms with Gasteiger partial charge in [-0.3, -0.25) is 9.89 Å². The number of amidine groups is 1. The summed E-state index contributed by atoms with van der Waals surface area (Å²) < 4.78 is 5.12. The first kappa shape index (κ1) is 13.2. The van der Waals surface area contributed by atoms with E-state index in [0.717, 1.165) is 37.6 Å². The number of nitrogens with one attached hydrogen (secondary N) is 1. The van der Waals surface area contributed by atoms with Crippen LogP contribution in [0.3, 0.4) is 0 Å². The van der Waals surface area contributed by atoms with Crippen LogP contribution in [0.2, 0.25) is 0 Å². The van der Waals surface area contributed by atoms with E-state index in [2.05, 4.69) is 15.2 Å². The average Bonchev–Trinajstić information content (AvgIpc) is 3.13. The molecule has 20 heavy (non-hydrogen) atoms. The number of aliphatic imine (C=N–C) groups is 1. The van der Waals surface area contributed by atoms with Crippen molar-refractivity contribution in [3.05, 3.63) is 23.8 Å². The van der Waals surface area contributed by atoms with Crippen LogP contribution in [0, 0.1) is 0 Å². The van der Waals surface area contributed by atoms with Gasteiger partial charge >= 0.3 is 0 Å². The fraction of sp³-hybridized carbons (Fsp3) is 0.533. The van der Waals surface area contributed by atoms with Crippen molar-refractivity contribution in [2.24, 2.45) is 4.99 Å². The third-order valence-corrected chi connectivity index (χ3v) is 3.98. The number of likely N-dealkylation sites (tertiary alicyclic amines) is 1. The van der Waals surface area contributed by atoms with E-state index in [1.165, 1.54) is 12.8 Å². The predicted octanol–water partition coefficient (Wildman–Crippen LogP) is 1.54. The minimum Gasteiger partial charge on any atom is -0.504 e. The summed E-state index contributed by atoms with van der Waals surface area (Å²) in [7, 11) is 1.56. The molecule has 0 aliphatic carbocycles. The second-order valence-electron chi connectivity index (χ2n) is 5.27. The van der Waals surface area contributed by atoms with E-state index in [-0.39, 0.29) is 11.8 Å². The van der Waals surface area contributed by atoms with Gasteiger partial charge < -0.3 is 15.2 Å². The van der Waals surface area contributed by atoms with Gasteiger partial charge in [-0.2, -0.15) is 0 Å². The minimum absolute atomic E-state index is 0.122. The van der Waals surface area contributed by atoms with Crippen LogP contribution < -0.4 is 10.1 Å². The number of nitrogens with zero attached hydrogens (tertiary/aromatic N) is 2. The molecule has 3 rings (SSSR count). The Kier molecular flexibility index (Phi) is 3.78. The van der Waals surface area contributed by atoms with Gasteiger partial charge in [0.2, 0.25) is 0 Å². The normalized spacial score (nSPS) is 20.6. The SMILES string of the molecule is COc1ccc(C(C2=NCCN2)N2CCCC2)cc1O. The number of aromatic hydroxyl groups is 1. The number of hydrogen-bond acceptors (Lipinski definition) is 5. The summed E-state index contributed by atoms with van der Waals surface area (Å²) in [5.41, 5.74) is 1.07.